The van der Waals surface area contributed by atoms with E-state index in [-0.39, 0.29) is 0 Å². The molecule has 1 aromatic rings. The van der Waals surface area contributed by atoms with E-state index in [1.165, 1.54) is 5.56 Å². The fourth-order valence-electron chi connectivity index (χ4n) is 1.04. The molecular weight excluding hydrogens is 226 g/mol. The second kappa shape index (κ2) is 4.84. The van der Waals surface area contributed by atoms with Gasteiger partial charge in [0.2, 0.25) is 0 Å². The third-order valence-corrected chi connectivity index (χ3v) is 2.68. The molecular formula is C11H10BrN. The van der Waals surface area contributed by atoms with Crippen molar-refractivity contribution in [3.8, 4) is 6.07 Å². The summed E-state index contributed by atoms with van der Waals surface area (Å²) in [4.78, 5) is 0. The number of hydrogen-bond acceptors (Lipinski definition) is 1. The number of rotatable bonds is 2. The first-order valence-electron chi connectivity index (χ1n) is 4.04. The van der Waals surface area contributed by atoms with E-state index in [0.717, 1.165) is 10.0 Å². The number of nitrogens with zero attached hydrogens (tertiary/aromatic N) is 1. The van der Waals surface area contributed by atoms with E-state index in [1.54, 1.807) is 0 Å². The van der Waals surface area contributed by atoms with E-state index >= 15 is 0 Å². The predicted octanol–water partition coefficient (Wildman–Crippen LogP) is 3.68. The molecule has 0 saturated heterocycles. The third-order valence-electron chi connectivity index (χ3n) is 1.82. The van der Waals surface area contributed by atoms with Gasteiger partial charge in [-0.15, -0.1) is 0 Å². The van der Waals surface area contributed by atoms with Gasteiger partial charge in [0.25, 0.3) is 0 Å². The molecule has 0 bridgehead atoms. The lowest BCUT2D eigenvalue weighted by atomic mass is 10.1. The van der Waals surface area contributed by atoms with Crippen molar-refractivity contribution < 1.29 is 0 Å². The van der Waals surface area contributed by atoms with Crippen LogP contribution in [-0.2, 0) is 0 Å². The topological polar surface area (TPSA) is 23.8 Å². The zero-order chi connectivity index (χ0) is 9.68. The number of nitriles is 1. The Bertz CT molecular complexity index is 361. The number of halogens is 1. The minimum Gasteiger partial charge on any atom is -0.198 e. The Morgan fingerprint density at radius 1 is 1.54 bits per heavy atom. The first kappa shape index (κ1) is 10.0. The summed E-state index contributed by atoms with van der Waals surface area (Å²) in [7, 11) is 0. The van der Waals surface area contributed by atoms with Crippen LogP contribution in [0, 0.1) is 18.3 Å². The second-order valence-electron chi connectivity index (χ2n) is 2.72. The fourth-order valence-corrected chi connectivity index (χ4v) is 1.42. The van der Waals surface area contributed by atoms with Crippen molar-refractivity contribution in [2.24, 2.45) is 0 Å². The minimum atomic E-state index is 0.464. The van der Waals surface area contributed by atoms with Crippen LogP contribution in [0.1, 0.15) is 17.5 Å². The lowest BCUT2D eigenvalue weighted by Crippen LogP contribution is -1.80. The molecule has 0 unspecified atom stereocenters. The summed E-state index contributed by atoms with van der Waals surface area (Å²) >= 11 is 3.46. The number of allylic oxidation sites excluding steroid dienone is 1. The van der Waals surface area contributed by atoms with E-state index in [9.17, 15) is 0 Å². The highest BCUT2D eigenvalue weighted by Gasteiger charge is 1.96. The quantitative estimate of drug-likeness (QED) is 0.768. The van der Waals surface area contributed by atoms with Crippen LogP contribution in [0.3, 0.4) is 0 Å². The van der Waals surface area contributed by atoms with Gasteiger partial charge >= 0.3 is 0 Å². The van der Waals surface area contributed by atoms with Gasteiger partial charge in [0.05, 0.1) is 12.5 Å². The summed E-state index contributed by atoms with van der Waals surface area (Å²) < 4.78 is 1.10. The lowest BCUT2D eigenvalue weighted by Gasteiger charge is -2.01. The largest absolute Gasteiger partial charge is 0.198 e. The van der Waals surface area contributed by atoms with Crippen molar-refractivity contribution in [3.05, 3.63) is 39.9 Å². The van der Waals surface area contributed by atoms with Crippen molar-refractivity contribution in [3.63, 3.8) is 0 Å². The predicted molar refractivity (Wildman–Crippen MR) is 58.1 cm³/mol. The van der Waals surface area contributed by atoms with Gasteiger partial charge in [-0.3, -0.25) is 0 Å². The van der Waals surface area contributed by atoms with E-state index in [1.807, 2.05) is 30.4 Å². The lowest BCUT2D eigenvalue weighted by molar-refractivity contribution is 1.35. The molecule has 1 rings (SSSR count). The molecule has 0 aromatic heterocycles. The Kier molecular flexibility index (Phi) is 3.72. The molecule has 0 aliphatic heterocycles. The summed E-state index contributed by atoms with van der Waals surface area (Å²) in [5, 5.41) is 8.36. The summed E-state index contributed by atoms with van der Waals surface area (Å²) in [6.45, 7) is 2.05. The molecule has 0 fully saturated rings. The maximum Gasteiger partial charge on any atom is 0.0663 e. The SMILES string of the molecule is Cc1c(Br)cccc1C=CCC#N. The van der Waals surface area contributed by atoms with Gasteiger partial charge in [-0.25, -0.2) is 0 Å². The Hall–Kier alpha value is -1.07. The molecule has 1 aromatic carbocycles. The fraction of sp³-hybridized carbons (Fsp3) is 0.182. The molecule has 0 saturated carbocycles. The standard InChI is InChI=1S/C11H10BrN/c1-9-10(5-2-3-8-13)6-4-7-11(9)12/h2,4-7H,3H2,1H3. The van der Waals surface area contributed by atoms with E-state index < -0.39 is 0 Å². The smallest absolute Gasteiger partial charge is 0.0663 e. The first-order valence-corrected chi connectivity index (χ1v) is 4.83. The summed E-state index contributed by atoms with van der Waals surface area (Å²) in [5.41, 5.74) is 2.36. The normalized spacial score (nSPS) is 10.2. The van der Waals surface area contributed by atoms with Crippen LogP contribution in [0.4, 0.5) is 0 Å². The Morgan fingerprint density at radius 3 is 3.00 bits per heavy atom. The van der Waals surface area contributed by atoms with Gasteiger partial charge in [0.1, 0.15) is 0 Å². The maximum atomic E-state index is 8.36. The Balaban J connectivity index is 2.90. The van der Waals surface area contributed by atoms with Crippen LogP contribution in [0.25, 0.3) is 6.08 Å². The molecule has 0 amide bonds. The van der Waals surface area contributed by atoms with Gasteiger partial charge in [-0.1, -0.05) is 40.2 Å². The molecule has 0 heterocycles. The molecule has 2 heteroatoms. The third kappa shape index (κ3) is 2.71. The summed E-state index contributed by atoms with van der Waals surface area (Å²) in [6.07, 6.45) is 4.31. The Morgan fingerprint density at radius 2 is 2.31 bits per heavy atom. The zero-order valence-corrected chi connectivity index (χ0v) is 9.01. The van der Waals surface area contributed by atoms with Crippen LogP contribution in [-0.4, -0.2) is 0 Å². The number of hydrogen-bond donors (Lipinski definition) is 0. The summed E-state index contributed by atoms with van der Waals surface area (Å²) in [5.74, 6) is 0. The average Bonchev–Trinajstić information content (AvgIpc) is 2.13. The second-order valence-corrected chi connectivity index (χ2v) is 3.57. The molecule has 0 radical (unpaired) electrons. The van der Waals surface area contributed by atoms with Crippen molar-refractivity contribution in [1.29, 1.82) is 5.26 Å². The molecule has 66 valence electrons. The first-order chi connectivity index (χ1) is 6.25. The van der Waals surface area contributed by atoms with Crippen molar-refractivity contribution in [2.75, 3.05) is 0 Å². The summed E-state index contributed by atoms with van der Waals surface area (Å²) in [6, 6.07) is 8.11. The Labute approximate surface area is 86.8 Å². The maximum absolute atomic E-state index is 8.36. The zero-order valence-electron chi connectivity index (χ0n) is 7.42. The van der Waals surface area contributed by atoms with E-state index in [0.29, 0.717) is 6.42 Å². The van der Waals surface area contributed by atoms with Crippen LogP contribution in [0.5, 0.6) is 0 Å². The van der Waals surface area contributed by atoms with Crippen LogP contribution in [0.15, 0.2) is 28.7 Å². The van der Waals surface area contributed by atoms with Crippen LogP contribution in [0.2, 0.25) is 0 Å². The monoisotopic (exact) mass is 235 g/mol. The van der Waals surface area contributed by atoms with Crippen LogP contribution < -0.4 is 0 Å². The van der Waals surface area contributed by atoms with Gasteiger partial charge < -0.3 is 0 Å². The van der Waals surface area contributed by atoms with Gasteiger partial charge in [-0.2, -0.15) is 5.26 Å². The van der Waals surface area contributed by atoms with E-state index in [4.69, 9.17) is 5.26 Å². The highest BCUT2D eigenvalue weighted by atomic mass is 79.9. The number of benzene rings is 1. The van der Waals surface area contributed by atoms with Gasteiger partial charge in [-0.05, 0) is 24.1 Å². The molecule has 0 spiro atoms. The molecule has 0 aliphatic carbocycles. The highest BCUT2D eigenvalue weighted by Crippen LogP contribution is 2.20. The molecule has 13 heavy (non-hydrogen) atoms. The highest BCUT2D eigenvalue weighted by molar-refractivity contribution is 9.10. The molecule has 0 N–H and O–H groups in total. The van der Waals surface area contributed by atoms with Crippen LogP contribution >= 0.6 is 15.9 Å². The van der Waals surface area contributed by atoms with Crippen molar-refractivity contribution in [2.45, 2.75) is 13.3 Å². The van der Waals surface area contributed by atoms with Gasteiger partial charge in [0.15, 0.2) is 0 Å². The van der Waals surface area contributed by atoms with Crippen molar-refractivity contribution in [1.82, 2.24) is 0 Å². The van der Waals surface area contributed by atoms with Crippen molar-refractivity contribution >= 4 is 22.0 Å². The van der Waals surface area contributed by atoms with E-state index in [2.05, 4.69) is 28.9 Å². The van der Waals surface area contributed by atoms with Gasteiger partial charge in [0, 0.05) is 4.47 Å². The molecule has 1 nitrogen and oxygen atoms in total. The molecule has 0 atom stereocenters. The molecule has 0 aliphatic rings. The average molecular weight is 236 g/mol. The minimum absolute atomic E-state index is 0.464.